The van der Waals surface area contributed by atoms with E-state index in [1.54, 1.807) is 0 Å². The van der Waals surface area contributed by atoms with Crippen molar-refractivity contribution in [2.75, 3.05) is 5.73 Å². The monoisotopic (exact) mass is 174 g/mol. The Hall–Kier alpha value is -1.23. The number of aliphatic hydroxyl groups is 1. The molecule has 0 radical (unpaired) electrons. The molecule has 0 aliphatic carbocycles. The van der Waals surface area contributed by atoms with Crippen LogP contribution < -0.4 is 5.73 Å². The summed E-state index contributed by atoms with van der Waals surface area (Å²) < 4.78 is 24.2. The van der Waals surface area contributed by atoms with E-state index in [2.05, 4.69) is 4.98 Å². The summed E-state index contributed by atoms with van der Waals surface area (Å²) in [5.41, 5.74) is 4.97. The van der Waals surface area contributed by atoms with E-state index in [4.69, 9.17) is 10.8 Å². The lowest BCUT2D eigenvalue weighted by atomic mass is 10.2. The van der Waals surface area contributed by atoms with Crippen LogP contribution in [0, 0.1) is 0 Å². The first kappa shape index (κ1) is 8.86. The summed E-state index contributed by atoms with van der Waals surface area (Å²) in [6, 6.07) is 1.40. The molecule has 1 aromatic heterocycles. The first-order chi connectivity index (χ1) is 5.66. The lowest BCUT2D eigenvalue weighted by molar-refractivity contribution is 0.146. The quantitative estimate of drug-likeness (QED) is 0.705. The number of nitrogens with two attached hydrogens (primary N) is 1. The molecule has 0 aliphatic heterocycles. The predicted molar refractivity (Wildman–Crippen MR) is 39.5 cm³/mol. The molecule has 0 aliphatic rings. The largest absolute Gasteiger partial charge is 0.397 e. The van der Waals surface area contributed by atoms with Crippen molar-refractivity contribution in [1.82, 2.24) is 4.98 Å². The minimum absolute atomic E-state index is 0.130. The van der Waals surface area contributed by atoms with E-state index < -0.39 is 12.1 Å². The number of pyridine rings is 1. The molecule has 12 heavy (non-hydrogen) atoms. The summed E-state index contributed by atoms with van der Waals surface area (Å²) in [4.78, 5) is 3.40. The molecule has 0 amide bonds. The van der Waals surface area contributed by atoms with E-state index in [9.17, 15) is 8.78 Å². The number of nitrogen functional groups attached to an aromatic ring is 1. The van der Waals surface area contributed by atoms with Crippen molar-refractivity contribution in [3.8, 4) is 0 Å². The number of hydrogen-bond acceptors (Lipinski definition) is 3. The van der Waals surface area contributed by atoms with Crippen molar-refractivity contribution in [3.05, 3.63) is 23.5 Å². The number of halogens is 2. The Bertz CT molecular complexity index is 278. The van der Waals surface area contributed by atoms with Crippen LogP contribution in [0.5, 0.6) is 0 Å². The summed E-state index contributed by atoms with van der Waals surface area (Å²) >= 11 is 0. The molecular formula is C7H8F2N2O. The maximum absolute atomic E-state index is 12.1. The lowest BCUT2D eigenvalue weighted by Gasteiger charge is -2.06. The second-order valence-corrected chi connectivity index (χ2v) is 2.23. The van der Waals surface area contributed by atoms with Crippen LogP contribution in [0.25, 0.3) is 0 Å². The van der Waals surface area contributed by atoms with Gasteiger partial charge in [-0.05, 0) is 6.07 Å². The summed E-state index contributed by atoms with van der Waals surface area (Å²) in [6.07, 6.45) is -1.50. The van der Waals surface area contributed by atoms with Crippen molar-refractivity contribution in [1.29, 1.82) is 0 Å². The van der Waals surface area contributed by atoms with Gasteiger partial charge >= 0.3 is 0 Å². The molecule has 1 heterocycles. The molecule has 5 heteroatoms. The number of anilines is 1. The smallest absolute Gasteiger partial charge is 0.282 e. The van der Waals surface area contributed by atoms with E-state index >= 15 is 0 Å². The zero-order chi connectivity index (χ0) is 9.14. The molecule has 66 valence electrons. The van der Waals surface area contributed by atoms with Crippen LogP contribution in [0.1, 0.15) is 17.7 Å². The molecule has 0 saturated heterocycles. The van der Waals surface area contributed by atoms with Crippen LogP contribution in [0.3, 0.4) is 0 Å². The molecule has 0 bridgehead atoms. The average molecular weight is 174 g/mol. The lowest BCUT2D eigenvalue weighted by Crippen LogP contribution is -2.02. The Morgan fingerprint density at radius 1 is 1.58 bits per heavy atom. The fourth-order valence-corrected chi connectivity index (χ4v) is 0.843. The summed E-state index contributed by atoms with van der Waals surface area (Å²) in [6.45, 7) is -0.353. The highest BCUT2D eigenvalue weighted by Crippen LogP contribution is 2.24. The van der Waals surface area contributed by atoms with Gasteiger partial charge in [0.05, 0.1) is 12.3 Å². The zero-order valence-corrected chi connectivity index (χ0v) is 6.17. The fourth-order valence-electron chi connectivity index (χ4n) is 0.843. The van der Waals surface area contributed by atoms with Gasteiger partial charge in [0.25, 0.3) is 6.43 Å². The second-order valence-electron chi connectivity index (χ2n) is 2.23. The molecule has 0 saturated carbocycles. The molecule has 0 spiro atoms. The Balaban J connectivity index is 3.14. The number of aliphatic hydroxyl groups excluding tert-OH is 1. The first-order valence-electron chi connectivity index (χ1n) is 3.29. The van der Waals surface area contributed by atoms with E-state index in [1.807, 2.05) is 0 Å². The van der Waals surface area contributed by atoms with Gasteiger partial charge < -0.3 is 10.8 Å². The molecule has 0 aromatic carbocycles. The van der Waals surface area contributed by atoms with Crippen molar-refractivity contribution in [3.63, 3.8) is 0 Å². The molecule has 1 aromatic rings. The first-order valence-corrected chi connectivity index (χ1v) is 3.29. The van der Waals surface area contributed by atoms with Crippen LogP contribution in [-0.2, 0) is 6.61 Å². The van der Waals surface area contributed by atoms with Gasteiger partial charge in [-0.1, -0.05) is 0 Å². The van der Waals surface area contributed by atoms with Crippen LogP contribution in [0.4, 0.5) is 14.5 Å². The Kier molecular flexibility index (Phi) is 2.54. The van der Waals surface area contributed by atoms with Gasteiger partial charge in [0.1, 0.15) is 5.69 Å². The van der Waals surface area contributed by atoms with Gasteiger partial charge in [-0.2, -0.15) is 0 Å². The van der Waals surface area contributed by atoms with Crippen molar-refractivity contribution in [2.45, 2.75) is 13.0 Å². The number of alkyl halides is 2. The maximum Gasteiger partial charge on any atom is 0.282 e. The number of hydrogen-bond donors (Lipinski definition) is 2. The topological polar surface area (TPSA) is 59.1 Å². The third-order valence-electron chi connectivity index (χ3n) is 1.49. The Morgan fingerprint density at radius 2 is 2.25 bits per heavy atom. The van der Waals surface area contributed by atoms with E-state index in [-0.39, 0.29) is 17.9 Å². The van der Waals surface area contributed by atoms with Crippen molar-refractivity contribution >= 4 is 5.69 Å². The molecule has 0 atom stereocenters. The van der Waals surface area contributed by atoms with Crippen LogP contribution >= 0.6 is 0 Å². The molecule has 3 nitrogen and oxygen atoms in total. The minimum atomic E-state index is -2.70. The van der Waals surface area contributed by atoms with Crippen LogP contribution in [-0.4, -0.2) is 10.1 Å². The molecule has 1 rings (SSSR count). The van der Waals surface area contributed by atoms with E-state index in [1.165, 1.54) is 12.3 Å². The van der Waals surface area contributed by atoms with Gasteiger partial charge in [0.2, 0.25) is 0 Å². The number of rotatable bonds is 2. The molecular weight excluding hydrogens is 166 g/mol. The highest BCUT2D eigenvalue weighted by Gasteiger charge is 2.14. The molecule has 0 fully saturated rings. The van der Waals surface area contributed by atoms with Gasteiger partial charge in [-0.25, -0.2) is 8.78 Å². The van der Waals surface area contributed by atoms with Crippen LogP contribution in [0.15, 0.2) is 12.3 Å². The van der Waals surface area contributed by atoms with E-state index in [0.717, 1.165) is 0 Å². The normalized spacial score (nSPS) is 10.7. The molecule has 0 unspecified atom stereocenters. The van der Waals surface area contributed by atoms with Gasteiger partial charge in [0, 0.05) is 11.8 Å². The second kappa shape index (κ2) is 3.44. The third-order valence-corrected chi connectivity index (χ3v) is 1.49. The predicted octanol–water partition coefficient (Wildman–Crippen LogP) is 1.09. The summed E-state index contributed by atoms with van der Waals surface area (Å²) in [7, 11) is 0. The number of aromatic nitrogens is 1. The number of nitrogens with zero attached hydrogens (tertiary/aromatic N) is 1. The average Bonchev–Trinajstić information content (AvgIpc) is 2.04. The summed E-state index contributed by atoms with van der Waals surface area (Å²) in [5, 5.41) is 8.67. The Labute approximate surface area is 67.8 Å². The molecule has 3 N–H and O–H groups in total. The van der Waals surface area contributed by atoms with Crippen molar-refractivity contribution < 1.29 is 13.9 Å². The van der Waals surface area contributed by atoms with E-state index in [0.29, 0.717) is 0 Å². The SMILES string of the molecule is Nc1c(CO)ccnc1C(F)F. The van der Waals surface area contributed by atoms with Gasteiger partial charge in [-0.3, -0.25) is 4.98 Å². The summed E-state index contributed by atoms with van der Waals surface area (Å²) in [5.74, 6) is 0. The highest BCUT2D eigenvalue weighted by molar-refractivity contribution is 5.50. The Morgan fingerprint density at radius 3 is 2.75 bits per heavy atom. The maximum atomic E-state index is 12.1. The zero-order valence-electron chi connectivity index (χ0n) is 6.17. The third kappa shape index (κ3) is 1.50. The standard InChI is InChI=1S/C7H8F2N2O/c8-7(9)6-5(10)4(3-12)1-2-11-6/h1-2,7,12H,3,10H2. The van der Waals surface area contributed by atoms with Gasteiger partial charge in [0.15, 0.2) is 0 Å². The van der Waals surface area contributed by atoms with Crippen LogP contribution in [0.2, 0.25) is 0 Å². The highest BCUT2D eigenvalue weighted by atomic mass is 19.3. The fraction of sp³-hybridized carbons (Fsp3) is 0.286. The minimum Gasteiger partial charge on any atom is -0.397 e. The van der Waals surface area contributed by atoms with Gasteiger partial charge in [-0.15, -0.1) is 0 Å². The van der Waals surface area contributed by atoms with Crippen molar-refractivity contribution in [2.24, 2.45) is 0 Å².